The molecule has 0 amide bonds. The van der Waals surface area contributed by atoms with Gasteiger partial charge in [-0.1, -0.05) is 129 Å². The first-order valence-electron chi connectivity index (χ1n) is 16.3. The van der Waals surface area contributed by atoms with E-state index in [1.165, 1.54) is 35.3 Å². The molecule has 0 aromatic heterocycles. The minimum absolute atomic E-state index is 0.00932. The third kappa shape index (κ3) is 14.7. The molecule has 0 unspecified atom stereocenters. The maximum absolute atomic E-state index is 13.2. The molecule has 0 saturated carbocycles. The van der Waals surface area contributed by atoms with Gasteiger partial charge < -0.3 is 0 Å². The highest BCUT2D eigenvalue weighted by Gasteiger charge is 2.15. The Kier molecular flexibility index (Phi) is 18.8. The van der Waals surface area contributed by atoms with E-state index in [1.807, 2.05) is 76.3 Å². The molecule has 2 heteroatoms. The van der Waals surface area contributed by atoms with Crippen LogP contribution in [0, 0.1) is 31.6 Å². The van der Waals surface area contributed by atoms with Gasteiger partial charge in [0.25, 0.3) is 0 Å². The summed E-state index contributed by atoms with van der Waals surface area (Å²) in [6.07, 6.45) is 21.6. The molecule has 0 aliphatic heterocycles. The lowest BCUT2D eigenvalue weighted by Gasteiger charge is -2.17. The van der Waals surface area contributed by atoms with Crippen molar-refractivity contribution in [2.24, 2.45) is 5.41 Å². The van der Waals surface area contributed by atoms with Crippen LogP contribution in [0.2, 0.25) is 0 Å². The molecule has 46 heavy (non-hydrogen) atoms. The molecule has 2 aromatic carbocycles. The fourth-order valence-corrected chi connectivity index (χ4v) is 4.40. The minimum atomic E-state index is 0.00932. The molecule has 0 N–H and O–H groups in total. The average molecular weight is 619 g/mol. The predicted octanol–water partition coefficient (Wildman–Crippen LogP) is 12.4. The summed E-state index contributed by atoms with van der Waals surface area (Å²) in [4.78, 5) is 23.2. The number of allylic oxidation sites excluding steroid dienone is 10. The lowest BCUT2D eigenvalue weighted by molar-refractivity contribution is -0.112. The number of carbonyl (C=O) groups excluding carboxylic acids is 2. The van der Waals surface area contributed by atoms with E-state index in [1.54, 1.807) is 6.08 Å². The Bertz CT molecular complexity index is 1530. The van der Waals surface area contributed by atoms with Crippen LogP contribution in [0.3, 0.4) is 0 Å². The number of Topliss-reactive ketones (excluding diaryl/α,β-unsaturated/α-hetero) is 1. The first kappa shape index (κ1) is 41.8. The van der Waals surface area contributed by atoms with Gasteiger partial charge in [-0.2, -0.15) is 0 Å². The second kappa shape index (κ2) is 20.7. The van der Waals surface area contributed by atoms with Crippen molar-refractivity contribution >= 4 is 23.2 Å². The summed E-state index contributed by atoms with van der Waals surface area (Å²) in [5.74, 6) is 3.22. The molecule has 246 valence electrons. The third-order valence-electron chi connectivity index (χ3n) is 6.61. The van der Waals surface area contributed by atoms with E-state index in [2.05, 4.69) is 86.1 Å². The smallest absolute Gasteiger partial charge is 0.189 e. The Balaban J connectivity index is 0.00000132. The van der Waals surface area contributed by atoms with Crippen LogP contribution in [-0.2, 0) is 4.79 Å². The van der Waals surface area contributed by atoms with Crippen molar-refractivity contribution in [1.82, 2.24) is 0 Å². The monoisotopic (exact) mass is 618 g/mol. The van der Waals surface area contributed by atoms with Gasteiger partial charge in [0.15, 0.2) is 11.6 Å². The average Bonchev–Trinajstić information content (AvgIpc) is 3.08. The van der Waals surface area contributed by atoms with E-state index in [9.17, 15) is 9.59 Å². The van der Waals surface area contributed by atoms with Gasteiger partial charge in [-0.05, 0) is 110 Å². The van der Waals surface area contributed by atoms with Gasteiger partial charge >= 0.3 is 0 Å². The van der Waals surface area contributed by atoms with Crippen LogP contribution in [0.15, 0.2) is 90.6 Å². The number of aryl methyl sites for hydroxylation is 2. The molecule has 3 rings (SSSR count). The summed E-state index contributed by atoms with van der Waals surface area (Å²) in [6, 6.07) is 10.1. The molecule has 0 bridgehead atoms. The largest absolute Gasteiger partial charge is 0.295 e. The molecule has 0 atom stereocenters. The van der Waals surface area contributed by atoms with Gasteiger partial charge in [-0.15, -0.1) is 6.42 Å². The number of carbonyl (C=O) groups is 2. The Morgan fingerprint density at radius 2 is 1.57 bits per heavy atom. The molecule has 0 radical (unpaired) electrons. The van der Waals surface area contributed by atoms with Crippen LogP contribution in [-0.4, -0.2) is 11.6 Å². The summed E-state index contributed by atoms with van der Waals surface area (Å²) >= 11 is 0. The van der Waals surface area contributed by atoms with Crippen LogP contribution in [0.5, 0.6) is 0 Å². The maximum atomic E-state index is 13.2. The number of benzene rings is 2. The molecule has 0 saturated heterocycles. The topological polar surface area (TPSA) is 34.1 Å². The first-order valence-corrected chi connectivity index (χ1v) is 16.3. The van der Waals surface area contributed by atoms with Gasteiger partial charge in [0.2, 0.25) is 0 Å². The van der Waals surface area contributed by atoms with Crippen molar-refractivity contribution in [3.05, 3.63) is 130 Å². The van der Waals surface area contributed by atoms with Crippen LogP contribution in [0.4, 0.5) is 0 Å². The van der Waals surface area contributed by atoms with Gasteiger partial charge in [0.1, 0.15) is 0 Å². The summed E-state index contributed by atoms with van der Waals surface area (Å²) < 4.78 is 0. The molecule has 1 aliphatic rings. The summed E-state index contributed by atoms with van der Waals surface area (Å²) in [5, 5.41) is 0. The Morgan fingerprint density at radius 3 is 2.04 bits per heavy atom. The number of hydrogen-bond donors (Lipinski definition) is 0. The number of terminal acetylenes is 1. The molecule has 1 aliphatic carbocycles. The normalized spacial score (nSPS) is 16.7. The van der Waals surface area contributed by atoms with E-state index in [4.69, 9.17) is 6.42 Å². The zero-order chi connectivity index (χ0) is 35.6. The molecule has 2 nitrogen and oxygen atoms in total. The van der Waals surface area contributed by atoms with Crippen molar-refractivity contribution in [2.75, 3.05) is 0 Å². The lowest BCUT2D eigenvalue weighted by atomic mass is 9.87. The van der Waals surface area contributed by atoms with Crippen LogP contribution >= 0.6 is 0 Å². The second-order valence-electron chi connectivity index (χ2n) is 13.0. The summed E-state index contributed by atoms with van der Waals surface area (Å²) in [7, 11) is 0. The number of hydrogen-bond acceptors (Lipinski definition) is 2. The molecule has 0 spiro atoms. The van der Waals surface area contributed by atoms with E-state index in [0.717, 1.165) is 27.8 Å². The molecule has 0 heterocycles. The maximum Gasteiger partial charge on any atom is 0.189 e. The van der Waals surface area contributed by atoms with Crippen molar-refractivity contribution < 1.29 is 9.59 Å². The standard InChI is InChI=1S/C32H32O.C5H8O.C5H12.C2H6/c1-8-25-19-28(17-14-22(25)5)32(33)27-12-10-11-13-29(23(6)15-16-27)31-20-26(9-2)30(21(3)4)18-24(31)7;1-3-4-5(2)6;1-5(2,3)4;1-2/h1,9-11,13-21H,2,12H2,3-7H3;3-4H,1-2H3;1-4H3;1-2H3/b11-10-,23-15+,27-16+,29-13+;4-3+;;. The van der Waals surface area contributed by atoms with Gasteiger partial charge in [-0.3, -0.25) is 9.59 Å². The fraction of sp³-hybridized carbons (Fsp3) is 0.364. The summed E-state index contributed by atoms with van der Waals surface area (Å²) in [5.41, 5.74) is 10.8. The van der Waals surface area contributed by atoms with Crippen molar-refractivity contribution in [1.29, 1.82) is 0 Å². The molecular formula is C44H58O2. The van der Waals surface area contributed by atoms with Crippen LogP contribution < -0.4 is 0 Å². The highest BCUT2D eigenvalue weighted by molar-refractivity contribution is 6.09. The lowest BCUT2D eigenvalue weighted by Crippen LogP contribution is -2.04. The fourth-order valence-electron chi connectivity index (χ4n) is 4.40. The van der Waals surface area contributed by atoms with E-state index in [-0.39, 0.29) is 11.6 Å². The second-order valence-corrected chi connectivity index (χ2v) is 13.0. The Labute approximate surface area is 281 Å². The van der Waals surface area contributed by atoms with Crippen molar-refractivity contribution in [2.45, 2.75) is 102 Å². The van der Waals surface area contributed by atoms with E-state index < -0.39 is 0 Å². The van der Waals surface area contributed by atoms with E-state index >= 15 is 0 Å². The zero-order valence-electron chi connectivity index (χ0n) is 30.9. The highest BCUT2D eigenvalue weighted by atomic mass is 16.1. The van der Waals surface area contributed by atoms with Crippen molar-refractivity contribution in [3.63, 3.8) is 0 Å². The molecule has 2 aromatic rings. The quantitative estimate of drug-likeness (QED) is 0.183. The molecule has 0 fully saturated rings. The van der Waals surface area contributed by atoms with Crippen LogP contribution in [0.25, 0.3) is 11.6 Å². The van der Waals surface area contributed by atoms with Crippen LogP contribution in [0.1, 0.15) is 132 Å². The SMILES string of the molecule is C#Cc1cc(C(=O)/C2=C/C=C(C)/C(c3cc(C=C)c(C(C)C)cc3C)=C\C=C/C2)ccc1C.C/C=C/C(C)=O.CC.CC(C)(C)C. The Hall–Kier alpha value is -4.22. The molecular weight excluding hydrogens is 560 g/mol. The van der Waals surface area contributed by atoms with E-state index in [0.29, 0.717) is 23.3 Å². The minimum Gasteiger partial charge on any atom is -0.295 e. The van der Waals surface area contributed by atoms with Crippen molar-refractivity contribution in [3.8, 4) is 12.3 Å². The van der Waals surface area contributed by atoms with Gasteiger partial charge in [0, 0.05) is 16.7 Å². The number of rotatable bonds is 6. The zero-order valence-corrected chi connectivity index (χ0v) is 30.9. The predicted molar refractivity (Wildman–Crippen MR) is 204 cm³/mol. The first-order chi connectivity index (χ1) is 21.5. The van der Waals surface area contributed by atoms with Gasteiger partial charge in [-0.25, -0.2) is 0 Å². The summed E-state index contributed by atoms with van der Waals surface area (Å²) in [6.45, 7) is 30.7. The Morgan fingerprint density at radius 1 is 0.957 bits per heavy atom. The number of ketones is 2. The van der Waals surface area contributed by atoms with Gasteiger partial charge in [0.05, 0.1) is 0 Å². The third-order valence-corrected chi connectivity index (χ3v) is 6.61. The highest BCUT2D eigenvalue weighted by Crippen LogP contribution is 2.32.